The van der Waals surface area contributed by atoms with Crippen LogP contribution in [0.15, 0.2) is 30.3 Å². The molecule has 21 heavy (non-hydrogen) atoms. The largest absolute Gasteiger partial charge is 0.398 e. The molecule has 0 unspecified atom stereocenters. The number of fused-ring (bicyclic) bond motifs is 3. The number of hydrogen-bond acceptors (Lipinski definition) is 1. The van der Waals surface area contributed by atoms with Gasteiger partial charge in [0.15, 0.2) is 0 Å². The van der Waals surface area contributed by atoms with E-state index in [-0.39, 0.29) is 18.9 Å². The van der Waals surface area contributed by atoms with Gasteiger partial charge in [0.05, 0.1) is 0 Å². The molecule has 0 atom stereocenters. The summed E-state index contributed by atoms with van der Waals surface area (Å²) in [5.74, 6) is 0.981. The molecule has 1 nitrogen and oxygen atoms in total. The number of nitrogen functional groups attached to an aromatic ring is 1. The van der Waals surface area contributed by atoms with Crippen molar-refractivity contribution in [2.45, 2.75) is 46.0 Å². The van der Waals surface area contributed by atoms with Crippen molar-refractivity contribution < 1.29 is 0 Å². The molecule has 105 valence electrons. The van der Waals surface area contributed by atoms with E-state index in [1.807, 2.05) is 0 Å². The molecule has 2 aromatic carbocycles. The van der Waals surface area contributed by atoms with Gasteiger partial charge in [0, 0.05) is 31.0 Å². The Labute approximate surface area is 140 Å². The molecule has 1 radical (unpaired) electrons. The maximum atomic E-state index is 6.55. The summed E-state index contributed by atoms with van der Waals surface area (Å²) in [6.45, 7) is 9.00. The van der Waals surface area contributed by atoms with Gasteiger partial charge in [-0.05, 0) is 45.2 Å². The van der Waals surface area contributed by atoms with Crippen LogP contribution in [-0.2, 0) is 6.42 Å². The number of hydrogen-bond donors (Lipinski definition) is 1. The molecule has 0 aromatic heterocycles. The van der Waals surface area contributed by atoms with Gasteiger partial charge in [0.1, 0.15) is 0 Å². The Balaban J connectivity index is 0.00000161. The number of benzene rings is 2. The van der Waals surface area contributed by atoms with Crippen LogP contribution >= 0.6 is 0 Å². The Bertz CT molecular complexity index is 672. The van der Waals surface area contributed by atoms with E-state index in [1.54, 1.807) is 0 Å². The zero-order chi connectivity index (χ0) is 14.4. The minimum absolute atomic E-state index is 0. The van der Waals surface area contributed by atoms with E-state index in [1.165, 1.54) is 33.4 Å². The normalized spacial score (nSPS) is 12.3. The van der Waals surface area contributed by atoms with Crippen LogP contribution in [0.1, 0.15) is 61.8 Å². The Kier molecular flexibility index (Phi) is 4.56. The van der Waals surface area contributed by atoms with Crippen molar-refractivity contribution in [3.63, 3.8) is 0 Å². The molecule has 0 aliphatic heterocycles. The van der Waals surface area contributed by atoms with Crippen LogP contribution in [0.3, 0.4) is 0 Å². The molecule has 2 heteroatoms. The molecule has 0 amide bonds. The van der Waals surface area contributed by atoms with E-state index in [9.17, 15) is 0 Å². The van der Waals surface area contributed by atoms with Crippen LogP contribution in [-0.4, -0.2) is 18.9 Å². The van der Waals surface area contributed by atoms with E-state index >= 15 is 0 Å². The quantitative estimate of drug-likeness (QED) is 0.531. The fourth-order valence-electron chi connectivity index (χ4n) is 3.46. The Hall–Kier alpha value is -1.16. The molecule has 0 saturated carbocycles. The van der Waals surface area contributed by atoms with E-state index in [4.69, 9.17) is 5.73 Å². The van der Waals surface area contributed by atoms with Gasteiger partial charge in [0.2, 0.25) is 0 Å². The predicted octanol–water partition coefficient (Wildman–Crippen LogP) is 4.71. The van der Waals surface area contributed by atoms with Crippen molar-refractivity contribution in [2.75, 3.05) is 5.73 Å². The van der Waals surface area contributed by atoms with E-state index in [0.29, 0.717) is 11.8 Å². The van der Waals surface area contributed by atoms with Crippen LogP contribution in [0.5, 0.6) is 0 Å². The van der Waals surface area contributed by atoms with Crippen molar-refractivity contribution in [1.82, 2.24) is 0 Å². The summed E-state index contributed by atoms with van der Waals surface area (Å²) in [6, 6.07) is 11.1. The molecular formula is C19H23LiN. The zero-order valence-electron chi connectivity index (χ0n) is 13.8. The minimum Gasteiger partial charge on any atom is -0.398 e. The Morgan fingerprint density at radius 3 is 2.24 bits per heavy atom. The average Bonchev–Trinajstić information content (AvgIpc) is 2.77. The van der Waals surface area contributed by atoms with Crippen molar-refractivity contribution in [2.24, 2.45) is 0 Å². The van der Waals surface area contributed by atoms with Crippen LogP contribution in [0.4, 0.5) is 5.69 Å². The SMILES string of the molecule is CC(C)c1cc2c(c(N)c1C(C)C)Cc1ccccc1-2.[Li]. The molecule has 2 aromatic rings. The van der Waals surface area contributed by atoms with Crippen LogP contribution < -0.4 is 5.73 Å². The van der Waals surface area contributed by atoms with E-state index in [0.717, 1.165) is 12.1 Å². The molecule has 0 bridgehead atoms. The monoisotopic (exact) mass is 272 g/mol. The van der Waals surface area contributed by atoms with Crippen molar-refractivity contribution in [1.29, 1.82) is 0 Å². The zero-order valence-corrected chi connectivity index (χ0v) is 13.8. The summed E-state index contributed by atoms with van der Waals surface area (Å²) in [4.78, 5) is 0. The summed E-state index contributed by atoms with van der Waals surface area (Å²) in [7, 11) is 0. The number of anilines is 1. The van der Waals surface area contributed by atoms with Crippen molar-refractivity contribution in [3.8, 4) is 11.1 Å². The summed E-state index contributed by atoms with van der Waals surface area (Å²) in [5.41, 5.74) is 15.8. The van der Waals surface area contributed by atoms with Crippen molar-refractivity contribution >= 4 is 24.5 Å². The molecule has 0 spiro atoms. The molecule has 2 N–H and O–H groups in total. The summed E-state index contributed by atoms with van der Waals surface area (Å²) in [6.07, 6.45) is 0.982. The van der Waals surface area contributed by atoms with Gasteiger partial charge in [0.25, 0.3) is 0 Å². The molecule has 0 saturated heterocycles. The average molecular weight is 272 g/mol. The van der Waals surface area contributed by atoms with Gasteiger partial charge in [-0.25, -0.2) is 0 Å². The second-order valence-electron chi connectivity index (χ2n) is 6.46. The molecular weight excluding hydrogens is 249 g/mol. The third-order valence-electron chi connectivity index (χ3n) is 4.43. The fraction of sp³-hybridized carbons (Fsp3) is 0.368. The van der Waals surface area contributed by atoms with E-state index < -0.39 is 0 Å². The maximum absolute atomic E-state index is 6.55. The number of rotatable bonds is 2. The first kappa shape index (κ1) is 16.2. The van der Waals surface area contributed by atoms with Gasteiger partial charge in [-0.2, -0.15) is 0 Å². The summed E-state index contributed by atoms with van der Waals surface area (Å²) >= 11 is 0. The third-order valence-corrected chi connectivity index (χ3v) is 4.43. The summed E-state index contributed by atoms with van der Waals surface area (Å²) in [5, 5.41) is 0. The first-order valence-electron chi connectivity index (χ1n) is 7.54. The Morgan fingerprint density at radius 1 is 0.952 bits per heavy atom. The second kappa shape index (κ2) is 5.91. The Morgan fingerprint density at radius 2 is 1.62 bits per heavy atom. The van der Waals surface area contributed by atoms with Crippen LogP contribution in [0.2, 0.25) is 0 Å². The van der Waals surface area contributed by atoms with Gasteiger partial charge in [-0.3, -0.25) is 0 Å². The van der Waals surface area contributed by atoms with Gasteiger partial charge >= 0.3 is 0 Å². The van der Waals surface area contributed by atoms with E-state index in [2.05, 4.69) is 58.0 Å². The number of nitrogens with two attached hydrogens (primary N) is 1. The van der Waals surface area contributed by atoms with Crippen molar-refractivity contribution in [3.05, 3.63) is 52.6 Å². The molecule has 3 rings (SSSR count). The standard InChI is InChI=1S/C19H23N.Li/c1-11(2)15-10-16-14-8-6-5-7-13(14)9-17(16)19(20)18(15)12(3)4;/h5-8,10-12H,9,20H2,1-4H3;. The fourth-order valence-corrected chi connectivity index (χ4v) is 3.46. The molecule has 0 heterocycles. The predicted molar refractivity (Wildman–Crippen MR) is 93.0 cm³/mol. The molecule has 1 aliphatic rings. The van der Waals surface area contributed by atoms with Crippen LogP contribution in [0.25, 0.3) is 11.1 Å². The minimum atomic E-state index is 0. The molecule has 0 fully saturated rings. The topological polar surface area (TPSA) is 26.0 Å². The van der Waals surface area contributed by atoms with Gasteiger partial charge in [-0.1, -0.05) is 58.0 Å². The molecule has 1 aliphatic carbocycles. The maximum Gasteiger partial charge on any atom is 0.0394 e. The summed E-state index contributed by atoms with van der Waals surface area (Å²) < 4.78 is 0. The second-order valence-corrected chi connectivity index (χ2v) is 6.46. The third kappa shape index (κ3) is 2.54. The van der Waals surface area contributed by atoms with Crippen LogP contribution in [0, 0.1) is 0 Å². The first-order chi connectivity index (χ1) is 9.50. The van der Waals surface area contributed by atoms with Gasteiger partial charge < -0.3 is 5.73 Å². The first-order valence-corrected chi connectivity index (χ1v) is 7.54. The smallest absolute Gasteiger partial charge is 0.0394 e. The van der Waals surface area contributed by atoms with Gasteiger partial charge in [-0.15, -0.1) is 0 Å².